The summed E-state index contributed by atoms with van der Waals surface area (Å²) in [4.78, 5) is 0. The van der Waals surface area contributed by atoms with Gasteiger partial charge in [-0.3, -0.25) is 5.84 Å². The van der Waals surface area contributed by atoms with Crippen LogP contribution in [0.3, 0.4) is 0 Å². The minimum absolute atomic E-state index is 0.616. The normalized spacial score (nSPS) is 11.1. The van der Waals surface area contributed by atoms with E-state index in [0.717, 1.165) is 11.3 Å². The maximum Gasteiger partial charge on any atom is 0.0561 e. The standard InChI is InChI=1S/C9H14N4/c1-12-8-4-2-7(3-5-8)9(10)6-13-11/h2-6,12-13H,10-11H2,1H3/b9-6-. The average molecular weight is 178 g/mol. The second kappa shape index (κ2) is 4.37. The van der Waals surface area contributed by atoms with Crippen LogP contribution in [0, 0.1) is 0 Å². The second-order valence-electron chi connectivity index (χ2n) is 2.59. The highest BCUT2D eigenvalue weighted by molar-refractivity contribution is 5.64. The summed E-state index contributed by atoms with van der Waals surface area (Å²) in [5.74, 6) is 5.10. The van der Waals surface area contributed by atoms with Gasteiger partial charge in [0.05, 0.1) is 5.70 Å². The molecule has 0 fully saturated rings. The third kappa shape index (κ3) is 2.38. The van der Waals surface area contributed by atoms with Gasteiger partial charge in [-0.2, -0.15) is 0 Å². The third-order valence-electron chi connectivity index (χ3n) is 1.75. The van der Waals surface area contributed by atoms with Crippen LogP contribution in [-0.4, -0.2) is 7.05 Å². The molecule has 0 radical (unpaired) electrons. The Bertz CT molecular complexity index is 289. The molecule has 0 heterocycles. The highest BCUT2D eigenvalue weighted by Crippen LogP contribution is 2.12. The van der Waals surface area contributed by atoms with Crippen LogP contribution in [-0.2, 0) is 0 Å². The number of nitrogens with two attached hydrogens (primary N) is 2. The van der Waals surface area contributed by atoms with Gasteiger partial charge in [-0.1, -0.05) is 12.1 Å². The topological polar surface area (TPSA) is 76.1 Å². The molecule has 1 aromatic carbocycles. The molecule has 4 heteroatoms. The van der Waals surface area contributed by atoms with Gasteiger partial charge in [-0.05, 0) is 17.7 Å². The van der Waals surface area contributed by atoms with Crippen molar-refractivity contribution in [3.63, 3.8) is 0 Å². The highest BCUT2D eigenvalue weighted by atomic mass is 15.2. The van der Waals surface area contributed by atoms with E-state index in [9.17, 15) is 0 Å². The Hall–Kier alpha value is -1.68. The molecule has 0 aliphatic heterocycles. The fourth-order valence-corrected chi connectivity index (χ4v) is 1.00. The molecule has 0 saturated heterocycles. The Morgan fingerprint density at radius 3 is 2.38 bits per heavy atom. The van der Waals surface area contributed by atoms with Crippen LogP contribution in [0.1, 0.15) is 5.56 Å². The Morgan fingerprint density at radius 2 is 1.92 bits per heavy atom. The van der Waals surface area contributed by atoms with Gasteiger partial charge in [0.2, 0.25) is 0 Å². The van der Waals surface area contributed by atoms with Crippen molar-refractivity contribution in [1.82, 2.24) is 5.43 Å². The number of anilines is 1. The van der Waals surface area contributed by atoms with Crippen molar-refractivity contribution in [2.24, 2.45) is 11.6 Å². The van der Waals surface area contributed by atoms with Crippen molar-refractivity contribution in [3.05, 3.63) is 36.0 Å². The maximum atomic E-state index is 5.70. The highest BCUT2D eigenvalue weighted by Gasteiger charge is 1.94. The van der Waals surface area contributed by atoms with E-state index < -0.39 is 0 Å². The number of nitrogens with one attached hydrogen (secondary N) is 2. The van der Waals surface area contributed by atoms with Gasteiger partial charge in [0.15, 0.2) is 0 Å². The summed E-state index contributed by atoms with van der Waals surface area (Å²) in [6.45, 7) is 0. The van der Waals surface area contributed by atoms with Crippen LogP contribution in [0.2, 0.25) is 0 Å². The van der Waals surface area contributed by atoms with Crippen LogP contribution in [0.4, 0.5) is 5.69 Å². The monoisotopic (exact) mass is 178 g/mol. The van der Waals surface area contributed by atoms with Crippen molar-refractivity contribution in [1.29, 1.82) is 0 Å². The van der Waals surface area contributed by atoms with Gasteiger partial charge in [0, 0.05) is 18.9 Å². The second-order valence-corrected chi connectivity index (χ2v) is 2.59. The van der Waals surface area contributed by atoms with Crippen molar-refractivity contribution in [3.8, 4) is 0 Å². The quantitative estimate of drug-likeness (QED) is 0.400. The molecule has 0 unspecified atom stereocenters. The van der Waals surface area contributed by atoms with Crippen LogP contribution < -0.4 is 22.3 Å². The van der Waals surface area contributed by atoms with E-state index in [1.165, 1.54) is 0 Å². The summed E-state index contributed by atoms with van der Waals surface area (Å²) in [6.07, 6.45) is 1.55. The zero-order valence-corrected chi connectivity index (χ0v) is 7.54. The van der Waals surface area contributed by atoms with Crippen LogP contribution in [0.25, 0.3) is 5.70 Å². The lowest BCUT2D eigenvalue weighted by molar-refractivity contribution is 0.967. The molecule has 0 atom stereocenters. The predicted molar refractivity (Wildman–Crippen MR) is 55.5 cm³/mol. The van der Waals surface area contributed by atoms with Gasteiger partial charge < -0.3 is 16.5 Å². The van der Waals surface area contributed by atoms with Gasteiger partial charge in [-0.15, -0.1) is 0 Å². The van der Waals surface area contributed by atoms with Crippen LogP contribution in [0.15, 0.2) is 30.5 Å². The van der Waals surface area contributed by atoms with E-state index in [1.54, 1.807) is 6.20 Å². The fourth-order valence-electron chi connectivity index (χ4n) is 1.00. The van der Waals surface area contributed by atoms with Crippen molar-refractivity contribution < 1.29 is 0 Å². The number of hydrazine groups is 1. The lowest BCUT2D eigenvalue weighted by atomic mass is 10.1. The molecule has 0 amide bonds. The molecule has 1 aromatic rings. The molecule has 0 saturated carbocycles. The minimum atomic E-state index is 0.616. The smallest absolute Gasteiger partial charge is 0.0561 e. The molecule has 6 N–H and O–H groups in total. The van der Waals surface area contributed by atoms with E-state index in [2.05, 4.69) is 10.7 Å². The maximum absolute atomic E-state index is 5.70. The largest absolute Gasteiger partial charge is 0.397 e. The van der Waals surface area contributed by atoms with Crippen LogP contribution in [0.5, 0.6) is 0 Å². The lowest BCUT2D eigenvalue weighted by Gasteiger charge is -2.03. The first-order chi connectivity index (χ1) is 6.27. The van der Waals surface area contributed by atoms with Crippen molar-refractivity contribution in [2.45, 2.75) is 0 Å². The fraction of sp³-hybridized carbons (Fsp3) is 0.111. The molecular weight excluding hydrogens is 164 g/mol. The van der Waals surface area contributed by atoms with Crippen molar-refractivity contribution >= 4 is 11.4 Å². The first-order valence-electron chi connectivity index (χ1n) is 3.98. The summed E-state index contributed by atoms with van der Waals surface area (Å²) in [7, 11) is 1.87. The van der Waals surface area contributed by atoms with E-state index in [-0.39, 0.29) is 0 Å². The first kappa shape index (κ1) is 9.41. The van der Waals surface area contributed by atoms with Gasteiger partial charge in [-0.25, -0.2) is 0 Å². The summed E-state index contributed by atoms with van der Waals surface area (Å²) >= 11 is 0. The molecule has 1 rings (SSSR count). The van der Waals surface area contributed by atoms with Gasteiger partial charge >= 0.3 is 0 Å². The minimum Gasteiger partial charge on any atom is -0.397 e. The first-order valence-corrected chi connectivity index (χ1v) is 3.98. The SMILES string of the molecule is CNc1ccc(/C(N)=C/NN)cc1. The van der Waals surface area contributed by atoms with Crippen LogP contribution >= 0.6 is 0 Å². The summed E-state index contributed by atoms with van der Waals surface area (Å²) in [6, 6.07) is 7.75. The molecule has 0 spiro atoms. The Balaban J connectivity index is 2.85. The lowest BCUT2D eigenvalue weighted by Crippen LogP contribution is -2.16. The summed E-state index contributed by atoms with van der Waals surface area (Å²) in [5.41, 5.74) is 10.7. The summed E-state index contributed by atoms with van der Waals surface area (Å²) in [5, 5.41) is 3.02. The molecule has 4 nitrogen and oxygen atoms in total. The number of rotatable bonds is 3. The van der Waals surface area contributed by atoms with Gasteiger partial charge in [0.1, 0.15) is 0 Å². The Kier molecular flexibility index (Phi) is 3.16. The van der Waals surface area contributed by atoms with E-state index in [0.29, 0.717) is 5.70 Å². The average Bonchev–Trinajstić information content (AvgIpc) is 2.18. The Morgan fingerprint density at radius 1 is 1.31 bits per heavy atom. The molecule has 0 aliphatic carbocycles. The zero-order valence-electron chi connectivity index (χ0n) is 7.54. The van der Waals surface area contributed by atoms with E-state index >= 15 is 0 Å². The zero-order chi connectivity index (χ0) is 9.68. The number of benzene rings is 1. The molecule has 0 bridgehead atoms. The molecule has 0 aliphatic rings. The predicted octanol–water partition coefficient (Wildman–Crippen LogP) is 0.449. The summed E-state index contributed by atoms with van der Waals surface area (Å²) < 4.78 is 0. The van der Waals surface area contributed by atoms with E-state index in [1.807, 2.05) is 31.3 Å². The molecule has 13 heavy (non-hydrogen) atoms. The van der Waals surface area contributed by atoms with Gasteiger partial charge in [0.25, 0.3) is 0 Å². The molecular formula is C9H14N4. The van der Waals surface area contributed by atoms with E-state index in [4.69, 9.17) is 11.6 Å². The molecule has 0 aromatic heterocycles. The Labute approximate surface area is 77.6 Å². The molecule has 70 valence electrons. The van der Waals surface area contributed by atoms with Crippen molar-refractivity contribution in [2.75, 3.05) is 12.4 Å². The number of hydrogen-bond donors (Lipinski definition) is 4. The third-order valence-corrected chi connectivity index (χ3v) is 1.75. The number of hydrogen-bond acceptors (Lipinski definition) is 4.